The molecule has 0 radical (unpaired) electrons. The van der Waals surface area contributed by atoms with Crippen LogP contribution in [0, 0.1) is 0 Å². The van der Waals surface area contributed by atoms with E-state index in [9.17, 15) is 4.79 Å². The molecule has 0 atom stereocenters. The molecular formula is C13H24N6O. The van der Waals surface area contributed by atoms with E-state index in [-0.39, 0.29) is 30.0 Å². The number of nitrogen functional groups attached to an aromatic ring is 1. The van der Waals surface area contributed by atoms with Crippen molar-refractivity contribution in [3.05, 3.63) is 6.33 Å². The van der Waals surface area contributed by atoms with Crippen LogP contribution in [0.4, 0.5) is 5.95 Å². The minimum atomic E-state index is -0.0379. The second-order valence-electron chi connectivity index (χ2n) is 6.30. The minimum absolute atomic E-state index is 0.0379. The molecule has 0 aliphatic carbocycles. The average Bonchev–Trinajstić information content (AvgIpc) is 2.74. The number of hydrogen-bond acceptors (Lipinski definition) is 5. The lowest BCUT2D eigenvalue weighted by Gasteiger charge is -2.41. The second kappa shape index (κ2) is 5.78. The summed E-state index contributed by atoms with van der Waals surface area (Å²) in [6.45, 7) is 8.88. The molecule has 1 aliphatic rings. The second-order valence-corrected chi connectivity index (χ2v) is 6.30. The van der Waals surface area contributed by atoms with Crippen LogP contribution in [0.25, 0.3) is 0 Å². The standard InChI is InChI=1S/C13H24N6O/c1-13(2,3)18-6-4-10(5-7-18)16-11(20)8-19-9-15-12(14)17-19/h9-10H,4-8H2,1-3H3,(H2,14,17)(H,16,20). The van der Waals surface area contributed by atoms with Crippen molar-refractivity contribution < 1.29 is 4.79 Å². The summed E-state index contributed by atoms with van der Waals surface area (Å²) in [4.78, 5) is 18.2. The SMILES string of the molecule is CC(C)(C)N1CCC(NC(=O)Cn2cnc(N)n2)CC1. The van der Waals surface area contributed by atoms with Crippen LogP contribution in [0.2, 0.25) is 0 Å². The zero-order valence-corrected chi connectivity index (χ0v) is 12.5. The van der Waals surface area contributed by atoms with Crippen molar-refractivity contribution in [1.82, 2.24) is 25.0 Å². The van der Waals surface area contributed by atoms with Crippen molar-refractivity contribution in [3.63, 3.8) is 0 Å². The van der Waals surface area contributed by atoms with Gasteiger partial charge in [-0.2, -0.15) is 0 Å². The van der Waals surface area contributed by atoms with Gasteiger partial charge in [0.25, 0.3) is 0 Å². The van der Waals surface area contributed by atoms with Crippen LogP contribution >= 0.6 is 0 Å². The molecule has 0 aromatic carbocycles. The Morgan fingerprint density at radius 3 is 2.60 bits per heavy atom. The number of anilines is 1. The fourth-order valence-corrected chi connectivity index (χ4v) is 2.50. The molecule has 7 heteroatoms. The Hall–Kier alpha value is -1.63. The summed E-state index contributed by atoms with van der Waals surface area (Å²) >= 11 is 0. The molecule has 1 aliphatic heterocycles. The van der Waals surface area contributed by atoms with E-state index in [1.54, 1.807) is 0 Å². The summed E-state index contributed by atoms with van der Waals surface area (Å²) in [5.74, 6) is 0.153. The van der Waals surface area contributed by atoms with Crippen LogP contribution in [-0.2, 0) is 11.3 Å². The summed E-state index contributed by atoms with van der Waals surface area (Å²) in [6, 6.07) is 0.252. The van der Waals surface area contributed by atoms with Gasteiger partial charge in [-0.3, -0.25) is 9.69 Å². The lowest BCUT2D eigenvalue weighted by atomic mass is 9.98. The van der Waals surface area contributed by atoms with E-state index < -0.39 is 0 Å². The molecule has 20 heavy (non-hydrogen) atoms. The van der Waals surface area contributed by atoms with Crippen molar-refractivity contribution in [2.45, 2.75) is 51.7 Å². The molecule has 1 fully saturated rings. The monoisotopic (exact) mass is 280 g/mol. The lowest BCUT2D eigenvalue weighted by Crippen LogP contribution is -2.51. The van der Waals surface area contributed by atoms with E-state index in [0.29, 0.717) is 0 Å². The maximum atomic E-state index is 11.9. The first kappa shape index (κ1) is 14.8. The third-order valence-corrected chi connectivity index (χ3v) is 3.67. The number of nitrogens with two attached hydrogens (primary N) is 1. The molecule has 1 aromatic heterocycles. The van der Waals surface area contributed by atoms with Crippen molar-refractivity contribution in [2.24, 2.45) is 0 Å². The van der Waals surface area contributed by atoms with Crippen LogP contribution in [0.3, 0.4) is 0 Å². The number of nitrogens with zero attached hydrogens (tertiary/aromatic N) is 4. The van der Waals surface area contributed by atoms with Gasteiger partial charge in [0.2, 0.25) is 11.9 Å². The number of piperidine rings is 1. The van der Waals surface area contributed by atoms with Gasteiger partial charge in [0.05, 0.1) is 0 Å². The molecule has 0 spiro atoms. The number of amides is 1. The lowest BCUT2D eigenvalue weighted by molar-refractivity contribution is -0.122. The van der Waals surface area contributed by atoms with Crippen LogP contribution in [0.15, 0.2) is 6.33 Å². The minimum Gasteiger partial charge on any atom is -0.367 e. The molecule has 7 nitrogen and oxygen atoms in total. The zero-order valence-electron chi connectivity index (χ0n) is 12.5. The Labute approximate surface area is 119 Å². The average molecular weight is 280 g/mol. The van der Waals surface area contributed by atoms with Gasteiger partial charge in [0, 0.05) is 24.7 Å². The van der Waals surface area contributed by atoms with E-state index >= 15 is 0 Å². The van der Waals surface area contributed by atoms with Crippen molar-refractivity contribution >= 4 is 11.9 Å². The molecule has 1 aromatic rings. The molecule has 112 valence electrons. The van der Waals surface area contributed by atoms with E-state index in [4.69, 9.17) is 5.73 Å². The number of nitrogens with one attached hydrogen (secondary N) is 1. The van der Waals surface area contributed by atoms with Crippen molar-refractivity contribution in [2.75, 3.05) is 18.8 Å². The molecular weight excluding hydrogens is 256 g/mol. The first-order valence-electron chi connectivity index (χ1n) is 7.04. The smallest absolute Gasteiger partial charge is 0.242 e. The zero-order chi connectivity index (χ0) is 14.8. The van der Waals surface area contributed by atoms with Gasteiger partial charge >= 0.3 is 0 Å². The summed E-state index contributed by atoms with van der Waals surface area (Å²) in [6.07, 6.45) is 3.45. The Bertz CT molecular complexity index is 456. The van der Waals surface area contributed by atoms with E-state index in [1.165, 1.54) is 11.0 Å². The van der Waals surface area contributed by atoms with Gasteiger partial charge in [-0.1, -0.05) is 0 Å². The van der Waals surface area contributed by atoms with E-state index in [0.717, 1.165) is 25.9 Å². The maximum Gasteiger partial charge on any atom is 0.242 e. The maximum absolute atomic E-state index is 11.9. The van der Waals surface area contributed by atoms with Gasteiger partial charge < -0.3 is 11.1 Å². The number of rotatable bonds is 3. The highest BCUT2D eigenvalue weighted by atomic mass is 16.2. The summed E-state index contributed by atoms with van der Waals surface area (Å²) in [5, 5.41) is 6.96. The Morgan fingerprint density at radius 2 is 2.10 bits per heavy atom. The van der Waals surface area contributed by atoms with Gasteiger partial charge in [-0.25, -0.2) is 9.67 Å². The fraction of sp³-hybridized carbons (Fsp3) is 0.769. The van der Waals surface area contributed by atoms with Gasteiger partial charge in [-0.05, 0) is 33.6 Å². The normalized spacial score (nSPS) is 18.1. The molecule has 3 N–H and O–H groups in total. The molecule has 1 amide bonds. The highest BCUT2D eigenvalue weighted by Gasteiger charge is 2.27. The van der Waals surface area contributed by atoms with Crippen LogP contribution in [-0.4, -0.2) is 50.2 Å². The van der Waals surface area contributed by atoms with E-state index in [1.807, 2.05) is 0 Å². The number of likely N-dealkylation sites (tertiary alicyclic amines) is 1. The molecule has 2 heterocycles. The highest BCUT2D eigenvalue weighted by molar-refractivity contribution is 5.75. The molecule has 2 rings (SSSR count). The Kier molecular flexibility index (Phi) is 4.27. The predicted octanol–water partition coefficient (Wildman–Crippen LogP) is 0.239. The fourth-order valence-electron chi connectivity index (χ4n) is 2.50. The Morgan fingerprint density at radius 1 is 1.45 bits per heavy atom. The number of carbonyl (C=O) groups excluding carboxylic acids is 1. The molecule has 0 bridgehead atoms. The van der Waals surface area contributed by atoms with E-state index in [2.05, 4.69) is 41.1 Å². The quantitative estimate of drug-likeness (QED) is 0.828. The number of hydrogen-bond donors (Lipinski definition) is 2. The predicted molar refractivity (Wildman–Crippen MR) is 76.9 cm³/mol. The van der Waals surface area contributed by atoms with Gasteiger partial charge in [0.15, 0.2) is 0 Å². The van der Waals surface area contributed by atoms with Crippen LogP contribution in [0.5, 0.6) is 0 Å². The van der Waals surface area contributed by atoms with Gasteiger partial charge in [-0.15, -0.1) is 5.10 Å². The Balaban J connectivity index is 1.76. The highest BCUT2D eigenvalue weighted by Crippen LogP contribution is 2.19. The third kappa shape index (κ3) is 3.93. The van der Waals surface area contributed by atoms with Crippen LogP contribution < -0.4 is 11.1 Å². The van der Waals surface area contributed by atoms with Crippen LogP contribution in [0.1, 0.15) is 33.6 Å². The third-order valence-electron chi connectivity index (χ3n) is 3.67. The molecule has 0 unspecified atom stereocenters. The van der Waals surface area contributed by atoms with Crippen molar-refractivity contribution in [3.8, 4) is 0 Å². The summed E-state index contributed by atoms with van der Waals surface area (Å²) < 4.78 is 1.45. The molecule has 1 saturated heterocycles. The number of carbonyl (C=O) groups is 1. The van der Waals surface area contributed by atoms with Gasteiger partial charge in [0.1, 0.15) is 12.9 Å². The first-order valence-corrected chi connectivity index (χ1v) is 7.04. The first-order chi connectivity index (χ1) is 9.34. The largest absolute Gasteiger partial charge is 0.367 e. The summed E-state index contributed by atoms with van der Waals surface area (Å²) in [5.41, 5.74) is 5.62. The topological polar surface area (TPSA) is 89.1 Å². The number of aromatic nitrogens is 3. The van der Waals surface area contributed by atoms with Crippen molar-refractivity contribution in [1.29, 1.82) is 0 Å². The summed E-state index contributed by atoms with van der Waals surface area (Å²) in [7, 11) is 0. The molecule has 0 saturated carbocycles.